The van der Waals surface area contributed by atoms with Gasteiger partial charge in [-0.05, 0) is 18.2 Å². The molecule has 1 heterocycles. The number of nitrogens with one attached hydrogen (secondary N) is 1. The molecule has 0 radical (unpaired) electrons. The average Bonchev–Trinajstić information content (AvgIpc) is 2.41. The van der Waals surface area contributed by atoms with E-state index in [1.54, 1.807) is 0 Å². The highest BCUT2D eigenvalue weighted by Gasteiger charge is 2.10. The zero-order valence-electron chi connectivity index (χ0n) is 10.7. The highest BCUT2D eigenvalue weighted by Crippen LogP contribution is 2.21. The SMILES string of the molecule is NC(=S)c1cc(Br)ccc1NCCN1CCSCC1. The molecule has 1 aliphatic rings. The number of halogens is 1. The van der Waals surface area contributed by atoms with E-state index >= 15 is 0 Å². The van der Waals surface area contributed by atoms with Crippen molar-refractivity contribution in [1.82, 2.24) is 4.90 Å². The molecule has 0 unspecified atom stereocenters. The molecule has 6 heteroatoms. The molecule has 1 saturated heterocycles. The Labute approximate surface area is 132 Å². The number of hydrogen-bond donors (Lipinski definition) is 2. The van der Waals surface area contributed by atoms with E-state index in [1.807, 2.05) is 30.0 Å². The van der Waals surface area contributed by atoms with E-state index in [0.29, 0.717) is 4.99 Å². The maximum Gasteiger partial charge on any atom is 0.106 e. The molecule has 0 spiro atoms. The molecule has 0 aromatic heterocycles. The lowest BCUT2D eigenvalue weighted by Gasteiger charge is -2.26. The molecule has 2 rings (SSSR count). The number of thioether (sulfide) groups is 1. The first-order valence-electron chi connectivity index (χ1n) is 6.30. The number of anilines is 1. The maximum atomic E-state index is 5.76. The molecule has 0 atom stereocenters. The Bertz CT molecular complexity index is 448. The van der Waals surface area contributed by atoms with Gasteiger partial charge in [0.25, 0.3) is 0 Å². The molecular formula is C13H18BrN3S2. The van der Waals surface area contributed by atoms with Gasteiger partial charge in [0.05, 0.1) is 0 Å². The summed E-state index contributed by atoms with van der Waals surface area (Å²) in [6.45, 7) is 4.36. The van der Waals surface area contributed by atoms with Crippen LogP contribution >= 0.6 is 39.9 Å². The Morgan fingerprint density at radius 3 is 2.84 bits per heavy atom. The van der Waals surface area contributed by atoms with Gasteiger partial charge in [-0.25, -0.2) is 0 Å². The molecular weight excluding hydrogens is 342 g/mol. The van der Waals surface area contributed by atoms with Crippen molar-refractivity contribution in [2.45, 2.75) is 0 Å². The van der Waals surface area contributed by atoms with Gasteiger partial charge in [-0.2, -0.15) is 11.8 Å². The van der Waals surface area contributed by atoms with Crippen LogP contribution in [0.15, 0.2) is 22.7 Å². The molecule has 1 aliphatic heterocycles. The Kier molecular flexibility index (Phi) is 5.94. The second-order valence-corrected chi connectivity index (χ2v) is 7.02. The number of nitrogens with two attached hydrogens (primary N) is 1. The quantitative estimate of drug-likeness (QED) is 0.790. The first kappa shape index (κ1) is 15.1. The van der Waals surface area contributed by atoms with Gasteiger partial charge >= 0.3 is 0 Å². The zero-order valence-corrected chi connectivity index (χ0v) is 13.9. The van der Waals surface area contributed by atoms with Crippen LogP contribution in [0.4, 0.5) is 5.69 Å². The predicted octanol–water partition coefficient (Wildman–Crippen LogP) is 2.54. The summed E-state index contributed by atoms with van der Waals surface area (Å²) < 4.78 is 0.994. The van der Waals surface area contributed by atoms with Crippen molar-refractivity contribution in [1.29, 1.82) is 0 Å². The van der Waals surface area contributed by atoms with Gasteiger partial charge in [0.15, 0.2) is 0 Å². The van der Waals surface area contributed by atoms with E-state index < -0.39 is 0 Å². The summed E-state index contributed by atoms with van der Waals surface area (Å²) in [5.41, 5.74) is 7.67. The van der Waals surface area contributed by atoms with E-state index in [0.717, 1.165) is 28.8 Å². The Morgan fingerprint density at radius 1 is 1.42 bits per heavy atom. The molecule has 3 nitrogen and oxygen atoms in total. The highest BCUT2D eigenvalue weighted by molar-refractivity contribution is 9.10. The standard InChI is InChI=1S/C13H18BrN3S2/c14-10-1-2-12(11(9-10)13(15)18)16-3-4-17-5-7-19-8-6-17/h1-2,9,16H,3-8H2,(H2,15,18). The van der Waals surface area contributed by atoms with E-state index in [2.05, 4.69) is 26.1 Å². The molecule has 3 N–H and O–H groups in total. The van der Waals surface area contributed by atoms with Crippen molar-refractivity contribution in [2.24, 2.45) is 5.73 Å². The lowest BCUT2D eigenvalue weighted by Crippen LogP contribution is -2.36. The summed E-state index contributed by atoms with van der Waals surface area (Å²) in [5, 5.41) is 3.43. The Hall–Kier alpha value is -0.300. The van der Waals surface area contributed by atoms with Crippen LogP contribution in [-0.4, -0.2) is 47.6 Å². The summed E-state index contributed by atoms with van der Waals surface area (Å²) in [6, 6.07) is 5.98. The number of nitrogens with zero attached hydrogens (tertiary/aromatic N) is 1. The molecule has 0 saturated carbocycles. The minimum atomic E-state index is 0.429. The van der Waals surface area contributed by atoms with Crippen LogP contribution in [0, 0.1) is 0 Å². The average molecular weight is 360 g/mol. The van der Waals surface area contributed by atoms with Gasteiger partial charge in [-0.3, -0.25) is 4.90 Å². The summed E-state index contributed by atoms with van der Waals surface area (Å²) >= 11 is 10.6. The third-order valence-electron chi connectivity index (χ3n) is 3.09. The van der Waals surface area contributed by atoms with Crippen molar-refractivity contribution in [3.63, 3.8) is 0 Å². The van der Waals surface area contributed by atoms with Crippen molar-refractivity contribution in [3.05, 3.63) is 28.2 Å². The third-order valence-corrected chi connectivity index (χ3v) is 4.75. The van der Waals surface area contributed by atoms with Gasteiger partial charge in [0, 0.05) is 53.4 Å². The minimum Gasteiger partial charge on any atom is -0.389 e. The molecule has 104 valence electrons. The van der Waals surface area contributed by atoms with E-state index in [9.17, 15) is 0 Å². The number of rotatable bonds is 5. The Balaban J connectivity index is 1.89. The summed E-state index contributed by atoms with van der Waals surface area (Å²) in [4.78, 5) is 2.92. The molecule has 0 bridgehead atoms. The van der Waals surface area contributed by atoms with Gasteiger partial charge in [0.1, 0.15) is 4.99 Å². The monoisotopic (exact) mass is 359 g/mol. The minimum absolute atomic E-state index is 0.429. The largest absolute Gasteiger partial charge is 0.389 e. The van der Waals surface area contributed by atoms with E-state index in [1.165, 1.54) is 24.6 Å². The highest BCUT2D eigenvalue weighted by atomic mass is 79.9. The van der Waals surface area contributed by atoms with Crippen LogP contribution in [0.1, 0.15) is 5.56 Å². The van der Waals surface area contributed by atoms with Gasteiger partial charge in [-0.15, -0.1) is 0 Å². The van der Waals surface area contributed by atoms with Crippen LogP contribution in [0.5, 0.6) is 0 Å². The Morgan fingerprint density at radius 2 is 2.16 bits per heavy atom. The molecule has 0 aliphatic carbocycles. The fourth-order valence-corrected chi connectivity index (χ4v) is 3.56. The lowest BCUT2D eigenvalue weighted by molar-refractivity contribution is 0.314. The van der Waals surface area contributed by atoms with E-state index in [-0.39, 0.29) is 0 Å². The molecule has 1 aromatic rings. The first-order valence-corrected chi connectivity index (χ1v) is 8.66. The van der Waals surface area contributed by atoms with Gasteiger partial charge in [0.2, 0.25) is 0 Å². The fraction of sp³-hybridized carbons (Fsp3) is 0.462. The topological polar surface area (TPSA) is 41.3 Å². The molecule has 1 aromatic carbocycles. The summed E-state index contributed by atoms with van der Waals surface area (Å²) in [5.74, 6) is 2.49. The van der Waals surface area contributed by atoms with Crippen LogP contribution in [0.25, 0.3) is 0 Å². The lowest BCUT2D eigenvalue weighted by atomic mass is 10.2. The molecule has 0 amide bonds. The summed E-state index contributed by atoms with van der Waals surface area (Å²) in [6.07, 6.45) is 0. The molecule has 19 heavy (non-hydrogen) atoms. The van der Waals surface area contributed by atoms with Crippen LogP contribution < -0.4 is 11.1 Å². The van der Waals surface area contributed by atoms with E-state index in [4.69, 9.17) is 18.0 Å². The first-order chi connectivity index (χ1) is 9.16. The normalized spacial score (nSPS) is 16.3. The number of benzene rings is 1. The smallest absolute Gasteiger partial charge is 0.106 e. The second-order valence-electron chi connectivity index (χ2n) is 4.43. The van der Waals surface area contributed by atoms with Crippen LogP contribution in [0.3, 0.4) is 0 Å². The maximum absolute atomic E-state index is 5.76. The fourth-order valence-electron chi connectivity index (χ4n) is 2.05. The number of thiocarbonyl (C=S) groups is 1. The van der Waals surface area contributed by atoms with Crippen molar-refractivity contribution in [2.75, 3.05) is 43.0 Å². The van der Waals surface area contributed by atoms with Crippen LogP contribution in [-0.2, 0) is 0 Å². The van der Waals surface area contributed by atoms with Gasteiger partial charge < -0.3 is 11.1 Å². The van der Waals surface area contributed by atoms with Gasteiger partial charge in [-0.1, -0.05) is 28.1 Å². The van der Waals surface area contributed by atoms with Crippen molar-refractivity contribution < 1.29 is 0 Å². The third kappa shape index (κ3) is 4.63. The number of hydrogen-bond acceptors (Lipinski definition) is 4. The predicted molar refractivity (Wildman–Crippen MR) is 92.3 cm³/mol. The van der Waals surface area contributed by atoms with Crippen molar-refractivity contribution >= 4 is 50.6 Å². The second kappa shape index (κ2) is 7.47. The van der Waals surface area contributed by atoms with Crippen LogP contribution in [0.2, 0.25) is 0 Å². The zero-order chi connectivity index (χ0) is 13.7. The summed E-state index contributed by atoms with van der Waals surface area (Å²) in [7, 11) is 0. The molecule has 1 fully saturated rings. The van der Waals surface area contributed by atoms with Crippen molar-refractivity contribution in [3.8, 4) is 0 Å².